The van der Waals surface area contributed by atoms with Crippen LogP contribution in [-0.2, 0) is 10.2 Å². The normalized spacial score (nSPS) is 22.2. The number of aromatic amines is 1. The smallest absolute Gasteiger partial charge is 0.233 e. The highest BCUT2D eigenvalue weighted by Crippen LogP contribution is 2.50. The predicted molar refractivity (Wildman–Crippen MR) is 91.0 cm³/mol. The van der Waals surface area contributed by atoms with Crippen molar-refractivity contribution >= 4 is 5.91 Å². The summed E-state index contributed by atoms with van der Waals surface area (Å²) in [5.41, 5.74) is 1.96. The zero-order chi connectivity index (χ0) is 16.6. The third-order valence-corrected chi connectivity index (χ3v) is 5.47. The number of methoxy groups -OCH3 is 1. The Morgan fingerprint density at radius 2 is 2.08 bits per heavy atom. The minimum absolute atomic E-state index is 0.289. The summed E-state index contributed by atoms with van der Waals surface area (Å²) >= 11 is 0. The Labute approximate surface area is 142 Å². The van der Waals surface area contributed by atoms with E-state index in [-0.39, 0.29) is 11.3 Å². The van der Waals surface area contributed by atoms with Gasteiger partial charge in [0.15, 0.2) is 0 Å². The second-order valence-corrected chi connectivity index (χ2v) is 6.91. The average Bonchev–Trinajstić information content (AvgIpc) is 3.27. The zero-order valence-corrected chi connectivity index (χ0v) is 14.0. The molecule has 2 heterocycles. The largest absolute Gasteiger partial charge is 0.497 e. The minimum Gasteiger partial charge on any atom is -0.497 e. The lowest BCUT2D eigenvalue weighted by Gasteiger charge is -2.35. The molecule has 1 amide bonds. The number of benzene rings is 1. The fourth-order valence-corrected chi connectivity index (χ4v) is 3.87. The maximum atomic E-state index is 13.2. The van der Waals surface area contributed by atoms with Gasteiger partial charge in [-0.3, -0.25) is 9.89 Å². The van der Waals surface area contributed by atoms with Crippen LogP contribution >= 0.6 is 0 Å². The molecule has 1 aromatic carbocycles. The number of piperidine rings is 1. The summed E-state index contributed by atoms with van der Waals surface area (Å²) in [6, 6.07) is 10.0. The highest BCUT2D eigenvalue weighted by Gasteiger charge is 2.53. The van der Waals surface area contributed by atoms with Crippen LogP contribution in [0.2, 0.25) is 0 Å². The molecule has 1 saturated heterocycles. The minimum atomic E-state index is -0.303. The number of nitrogens with zero attached hydrogens (tertiary/aromatic N) is 2. The summed E-state index contributed by atoms with van der Waals surface area (Å²) in [5, 5.41) is 7.12. The number of ether oxygens (including phenoxy) is 1. The summed E-state index contributed by atoms with van der Waals surface area (Å²) in [6.45, 7) is 1.65. The molecule has 1 aliphatic heterocycles. The van der Waals surface area contributed by atoms with Gasteiger partial charge in [-0.1, -0.05) is 12.1 Å². The van der Waals surface area contributed by atoms with Crippen LogP contribution in [0.1, 0.15) is 42.9 Å². The van der Waals surface area contributed by atoms with E-state index in [4.69, 9.17) is 4.74 Å². The number of hydrogen-bond acceptors (Lipinski definition) is 3. The quantitative estimate of drug-likeness (QED) is 0.940. The first kappa shape index (κ1) is 15.2. The van der Waals surface area contributed by atoms with E-state index in [1.54, 1.807) is 13.3 Å². The third-order valence-electron chi connectivity index (χ3n) is 5.47. The SMILES string of the molecule is COc1ccc(C2(C(=O)N3CCCC(c4ccn[nH]4)C3)CC2)cc1. The summed E-state index contributed by atoms with van der Waals surface area (Å²) in [5.74, 6) is 1.49. The van der Waals surface area contributed by atoms with Gasteiger partial charge in [0.25, 0.3) is 0 Å². The number of hydrogen-bond donors (Lipinski definition) is 1. The molecule has 1 aliphatic carbocycles. The number of H-pyrrole nitrogens is 1. The highest BCUT2D eigenvalue weighted by molar-refractivity contribution is 5.91. The summed E-state index contributed by atoms with van der Waals surface area (Å²) in [6.07, 6.45) is 5.85. The number of likely N-dealkylation sites (tertiary alicyclic amines) is 1. The van der Waals surface area contributed by atoms with Gasteiger partial charge in [0, 0.05) is 30.9 Å². The first-order valence-corrected chi connectivity index (χ1v) is 8.66. The molecule has 1 saturated carbocycles. The van der Waals surface area contributed by atoms with Crippen LogP contribution < -0.4 is 4.74 Å². The van der Waals surface area contributed by atoms with Crippen molar-refractivity contribution in [2.75, 3.05) is 20.2 Å². The Morgan fingerprint density at radius 1 is 1.29 bits per heavy atom. The molecule has 126 valence electrons. The van der Waals surface area contributed by atoms with Gasteiger partial charge in [-0.2, -0.15) is 5.10 Å². The molecule has 24 heavy (non-hydrogen) atoms. The van der Waals surface area contributed by atoms with Gasteiger partial charge >= 0.3 is 0 Å². The summed E-state index contributed by atoms with van der Waals surface area (Å²) in [7, 11) is 1.66. The van der Waals surface area contributed by atoms with Crippen molar-refractivity contribution in [2.24, 2.45) is 0 Å². The second kappa shape index (κ2) is 5.96. The van der Waals surface area contributed by atoms with E-state index >= 15 is 0 Å². The Kier molecular flexibility index (Phi) is 3.79. The van der Waals surface area contributed by atoms with Crippen LogP contribution in [-0.4, -0.2) is 41.2 Å². The van der Waals surface area contributed by atoms with Crippen LogP contribution in [0.25, 0.3) is 0 Å². The van der Waals surface area contributed by atoms with E-state index in [2.05, 4.69) is 15.1 Å². The van der Waals surface area contributed by atoms with Crippen molar-refractivity contribution < 1.29 is 9.53 Å². The molecule has 2 fully saturated rings. The summed E-state index contributed by atoms with van der Waals surface area (Å²) in [4.78, 5) is 15.3. The number of nitrogens with one attached hydrogen (secondary N) is 1. The molecule has 0 bridgehead atoms. The summed E-state index contributed by atoms with van der Waals surface area (Å²) < 4.78 is 5.23. The number of carbonyl (C=O) groups excluding carboxylic acids is 1. The molecular formula is C19H23N3O2. The molecule has 4 rings (SSSR count). The van der Waals surface area contributed by atoms with E-state index in [9.17, 15) is 4.79 Å². The molecule has 1 unspecified atom stereocenters. The lowest BCUT2D eigenvalue weighted by Crippen LogP contribution is -2.44. The number of carbonyl (C=O) groups is 1. The standard InChI is InChI=1S/C19H23N3O2/c1-24-16-6-4-15(5-7-16)19(9-10-19)18(23)22-12-2-3-14(13-22)17-8-11-20-21-17/h4-8,11,14H,2-3,9-10,12-13H2,1H3,(H,20,21). The van der Waals surface area contributed by atoms with E-state index in [0.29, 0.717) is 5.92 Å². The number of aromatic nitrogens is 2. The van der Waals surface area contributed by atoms with Gasteiger partial charge in [0.2, 0.25) is 5.91 Å². The topological polar surface area (TPSA) is 58.2 Å². The molecule has 1 N–H and O–H groups in total. The van der Waals surface area contributed by atoms with E-state index < -0.39 is 0 Å². The maximum absolute atomic E-state index is 13.2. The Bertz CT molecular complexity index is 705. The number of amides is 1. The van der Waals surface area contributed by atoms with Crippen molar-refractivity contribution in [1.29, 1.82) is 0 Å². The average molecular weight is 325 g/mol. The zero-order valence-electron chi connectivity index (χ0n) is 14.0. The van der Waals surface area contributed by atoms with E-state index in [0.717, 1.165) is 55.8 Å². The fraction of sp³-hybridized carbons (Fsp3) is 0.474. The van der Waals surface area contributed by atoms with Gasteiger partial charge in [-0.15, -0.1) is 0 Å². The van der Waals surface area contributed by atoms with E-state index in [1.165, 1.54) is 0 Å². The first-order valence-electron chi connectivity index (χ1n) is 8.66. The molecule has 0 radical (unpaired) electrons. The van der Waals surface area contributed by atoms with E-state index in [1.807, 2.05) is 30.3 Å². The van der Waals surface area contributed by atoms with Crippen LogP contribution in [0.3, 0.4) is 0 Å². The van der Waals surface area contributed by atoms with Crippen molar-refractivity contribution in [1.82, 2.24) is 15.1 Å². The Morgan fingerprint density at radius 3 is 2.71 bits per heavy atom. The van der Waals surface area contributed by atoms with Gasteiger partial charge in [-0.05, 0) is 49.4 Å². The van der Waals surface area contributed by atoms with Crippen LogP contribution in [0.5, 0.6) is 5.75 Å². The molecule has 2 aromatic rings. The highest BCUT2D eigenvalue weighted by atomic mass is 16.5. The first-order chi connectivity index (χ1) is 11.7. The monoisotopic (exact) mass is 325 g/mol. The van der Waals surface area contributed by atoms with Crippen LogP contribution in [0.4, 0.5) is 0 Å². The van der Waals surface area contributed by atoms with Crippen molar-refractivity contribution in [3.05, 3.63) is 47.8 Å². The molecule has 0 spiro atoms. The molecule has 2 aliphatic rings. The van der Waals surface area contributed by atoms with Crippen molar-refractivity contribution in [3.8, 4) is 5.75 Å². The lowest BCUT2D eigenvalue weighted by atomic mass is 9.90. The second-order valence-electron chi connectivity index (χ2n) is 6.91. The van der Waals surface area contributed by atoms with Gasteiger partial charge in [0.1, 0.15) is 5.75 Å². The predicted octanol–water partition coefficient (Wildman–Crippen LogP) is 2.86. The molecule has 5 heteroatoms. The molecular weight excluding hydrogens is 302 g/mol. The van der Waals surface area contributed by atoms with Gasteiger partial charge in [0.05, 0.1) is 12.5 Å². The fourth-order valence-electron chi connectivity index (χ4n) is 3.87. The van der Waals surface area contributed by atoms with Crippen molar-refractivity contribution in [2.45, 2.75) is 37.0 Å². The van der Waals surface area contributed by atoms with Crippen LogP contribution in [0, 0.1) is 0 Å². The Hall–Kier alpha value is -2.30. The number of rotatable bonds is 4. The molecule has 5 nitrogen and oxygen atoms in total. The maximum Gasteiger partial charge on any atom is 0.233 e. The van der Waals surface area contributed by atoms with Gasteiger partial charge in [-0.25, -0.2) is 0 Å². The molecule has 1 atom stereocenters. The Balaban J connectivity index is 1.52. The van der Waals surface area contributed by atoms with Gasteiger partial charge < -0.3 is 9.64 Å². The van der Waals surface area contributed by atoms with Crippen LogP contribution in [0.15, 0.2) is 36.5 Å². The lowest BCUT2D eigenvalue weighted by molar-refractivity contribution is -0.135. The third kappa shape index (κ3) is 2.58. The van der Waals surface area contributed by atoms with Crippen molar-refractivity contribution in [3.63, 3.8) is 0 Å². The molecule has 1 aromatic heterocycles.